The summed E-state index contributed by atoms with van der Waals surface area (Å²) in [4.78, 5) is 16.2. The molecule has 28 heavy (non-hydrogen) atoms. The summed E-state index contributed by atoms with van der Waals surface area (Å²) in [5.41, 5.74) is 1.06. The molecule has 1 aliphatic heterocycles. The molecule has 0 atom stereocenters. The third-order valence-corrected chi connectivity index (χ3v) is 4.69. The van der Waals surface area contributed by atoms with Crippen LogP contribution in [0.15, 0.2) is 36.4 Å². The normalized spacial score (nSPS) is 14.6. The van der Waals surface area contributed by atoms with Gasteiger partial charge in [0, 0.05) is 38.8 Å². The standard InChI is InChI=1S/C20H23F2N3O3/c1-27-18-6-3-14(11-19(18)28-2)13-24-7-9-25(10-8-24)20(26)23-17-5-4-15(21)12-16(17)22/h3-6,11-12H,7-10,13H2,1-2H3,(H,23,26). The summed E-state index contributed by atoms with van der Waals surface area (Å²) >= 11 is 0. The SMILES string of the molecule is COc1ccc(CN2CCN(C(=O)Nc3ccc(F)cc3F)CC2)cc1OC. The number of carbonyl (C=O) groups is 1. The number of urea groups is 1. The van der Waals surface area contributed by atoms with Crippen LogP contribution >= 0.6 is 0 Å². The van der Waals surface area contributed by atoms with E-state index < -0.39 is 17.7 Å². The predicted molar refractivity (Wildman–Crippen MR) is 102 cm³/mol. The molecule has 150 valence electrons. The lowest BCUT2D eigenvalue weighted by Gasteiger charge is -2.34. The van der Waals surface area contributed by atoms with Gasteiger partial charge in [0.2, 0.25) is 0 Å². The molecule has 2 aromatic carbocycles. The summed E-state index contributed by atoms with van der Waals surface area (Å²) in [6.07, 6.45) is 0. The number of piperazine rings is 1. The molecule has 2 amide bonds. The van der Waals surface area contributed by atoms with Gasteiger partial charge in [-0.2, -0.15) is 0 Å². The summed E-state index contributed by atoms with van der Waals surface area (Å²) in [6.45, 7) is 3.13. The third-order valence-electron chi connectivity index (χ3n) is 4.69. The zero-order valence-electron chi connectivity index (χ0n) is 15.9. The molecule has 1 heterocycles. The number of nitrogens with zero attached hydrogens (tertiary/aromatic N) is 2. The fourth-order valence-electron chi connectivity index (χ4n) is 3.13. The van der Waals surface area contributed by atoms with Crippen molar-refractivity contribution in [1.29, 1.82) is 0 Å². The van der Waals surface area contributed by atoms with Crippen LogP contribution < -0.4 is 14.8 Å². The van der Waals surface area contributed by atoms with Crippen LogP contribution in [0, 0.1) is 11.6 Å². The van der Waals surface area contributed by atoms with Crippen LogP contribution in [-0.2, 0) is 6.54 Å². The van der Waals surface area contributed by atoms with Crippen molar-refractivity contribution in [3.8, 4) is 11.5 Å². The van der Waals surface area contributed by atoms with E-state index in [2.05, 4.69) is 10.2 Å². The minimum Gasteiger partial charge on any atom is -0.493 e. The molecule has 1 N–H and O–H groups in total. The van der Waals surface area contributed by atoms with E-state index in [1.807, 2.05) is 18.2 Å². The predicted octanol–water partition coefficient (Wildman–Crippen LogP) is 3.33. The van der Waals surface area contributed by atoms with E-state index in [1.54, 1.807) is 19.1 Å². The number of nitrogens with one attached hydrogen (secondary N) is 1. The minimum atomic E-state index is -0.791. The van der Waals surface area contributed by atoms with Crippen molar-refractivity contribution in [2.75, 3.05) is 45.7 Å². The first kappa shape index (κ1) is 19.9. The molecule has 6 nitrogen and oxygen atoms in total. The van der Waals surface area contributed by atoms with Gasteiger partial charge in [0.25, 0.3) is 0 Å². The summed E-state index contributed by atoms with van der Waals surface area (Å²) in [6, 6.07) is 8.48. The maximum absolute atomic E-state index is 13.7. The van der Waals surface area contributed by atoms with Crippen molar-refractivity contribution in [3.63, 3.8) is 0 Å². The molecule has 1 saturated heterocycles. The molecule has 2 aromatic rings. The highest BCUT2D eigenvalue weighted by atomic mass is 19.1. The first-order valence-corrected chi connectivity index (χ1v) is 8.94. The van der Waals surface area contributed by atoms with Gasteiger partial charge in [-0.3, -0.25) is 4.90 Å². The van der Waals surface area contributed by atoms with Gasteiger partial charge >= 0.3 is 6.03 Å². The lowest BCUT2D eigenvalue weighted by Crippen LogP contribution is -2.49. The number of carbonyl (C=O) groups excluding carboxylic acids is 1. The lowest BCUT2D eigenvalue weighted by molar-refractivity contribution is 0.143. The zero-order valence-corrected chi connectivity index (χ0v) is 15.9. The largest absolute Gasteiger partial charge is 0.493 e. The molecule has 1 fully saturated rings. The van der Waals surface area contributed by atoms with E-state index in [0.29, 0.717) is 37.7 Å². The number of hydrogen-bond acceptors (Lipinski definition) is 4. The van der Waals surface area contributed by atoms with Crippen molar-refractivity contribution in [3.05, 3.63) is 53.6 Å². The van der Waals surface area contributed by atoms with Crippen LogP contribution in [0.5, 0.6) is 11.5 Å². The van der Waals surface area contributed by atoms with Crippen LogP contribution in [0.4, 0.5) is 19.3 Å². The molecule has 0 radical (unpaired) electrons. The maximum Gasteiger partial charge on any atom is 0.322 e. The average Bonchev–Trinajstić information content (AvgIpc) is 2.70. The van der Waals surface area contributed by atoms with Crippen molar-refractivity contribution in [1.82, 2.24) is 9.80 Å². The molecule has 0 spiro atoms. The van der Waals surface area contributed by atoms with Crippen LogP contribution in [0.3, 0.4) is 0 Å². The first-order valence-electron chi connectivity index (χ1n) is 8.94. The van der Waals surface area contributed by atoms with Crippen molar-refractivity contribution in [2.24, 2.45) is 0 Å². The minimum absolute atomic E-state index is 0.0286. The molecule has 1 aliphatic rings. The second-order valence-electron chi connectivity index (χ2n) is 6.51. The smallest absolute Gasteiger partial charge is 0.322 e. The Morgan fingerprint density at radius 1 is 1.00 bits per heavy atom. The lowest BCUT2D eigenvalue weighted by atomic mass is 10.1. The van der Waals surface area contributed by atoms with Gasteiger partial charge in [-0.15, -0.1) is 0 Å². The molecule has 0 aromatic heterocycles. The quantitative estimate of drug-likeness (QED) is 0.850. The Hall–Kier alpha value is -2.87. The third kappa shape index (κ3) is 4.69. The fraction of sp³-hybridized carbons (Fsp3) is 0.350. The first-order chi connectivity index (χ1) is 13.5. The highest BCUT2D eigenvalue weighted by molar-refractivity contribution is 5.89. The Morgan fingerprint density at radius 3 is 2.36 bits per heavy atom. The number of halogens is 2. The van der Waals surface area contributed by atoms with Crippen LogP contribution in [0.25, 0.3) is 0 Å². The second kappa shape index (κ2) is 8.88. The summed E-state index contributed by atoms with van der Waals surface area (Å²) in [7, 11) is 3.20. The van der Waals surface area contributed by atoms with E-state index in [4.69, 9.17) is 9.47 Å². The number of amides is 2. The number of ether oxygens (including phenoxy) is 2. The van der Waals surface area contributed by atoms with Gasteiger partial charge < -0.3 is 19.7 Å². The van der Waals surface area contributed by atoms with Gasteiger partial charge in [-0.05, 0) is 29.8 Å². The van der Waals surface area contributed by atoms with Gasteiger partial charge in [-0.25, -0.2) is 13.6 Å². The highest BCUT2D eigenvalue weighted by Gasteiger charge is 2.22. The van der Waals surface area contributed by atoms with Gasteiger partial charge in [0.05, 0.1) is 19.9 Å². The monoisotopic (exact) mass is 391 g/mol. The molecule has 0 unspecified atom stereocenters. The Morgan fingerprint density at radius 2 is 1.71 bits per heavy atom. The Labute approximate surface area is 162 Å². The van der Waals surface area contributed by atoms with Gasteiger partial charge in [0.1, 0.15) is 11.6 Å². The number of methoxy groups -OCH3 is 2. The van der Waals surface area contributed by atoms with Crippen LogP contribution in [-0.4, -0.2) is 56.2 Å². The zero-order chi connectivity index (χ0) is 20.1. The molecular formula is C20H23F2N3O3. The van der Waals surface area contributed by atoms with Crippen molar-refractivity contribution in [2.45, 2.75) is 6.54 Å². The second-order valence-corrected chi connectivity index (χ2v) is 6.51. The van der Waals surface area contributed by atoms with E-state index in [9.17, 15) is 13.6 Å². The number of anilines is 1. The molecule has 3 rings (SSSR count). The number of hydrogen-bond donors (Lipinski definition) is 1. The van der Waals surface area contributed by atoms with E-state index in [0.717, 1.165) is 24.2 Å². The van der Waals surface area contributed by atoms with Gasteiger partial charge in [0.15, 0.2) is 11.5 Å². The summed E-state index contributed by atoms with van der Waals surface area (Å²) < 4.78 is 37.2. The topological polar surface area (TPSA) is 54.0 Å². The highest BCUT2D eigenvalue weighted by Crippen LogP contribution is 2.28. The number of benzene rings is 2. The maximum atomic E-state index is 13.7. The fourth-order valence-corrected chi connectivity index (χ4v) is 3.13. The van der Waals surface area contributed by atoms with E-state index in [-0.39, 0.29) is 5.69 Å². The van der Waals surface area contributed by atoms with Crippen LogP contribution in [0.1, 0.15) is 5.56 Å². The Balaban J connectivity index is 1.53. The van der Waals surface area contributed by atoms with Crippen molar-refractivity contribution < 1.29 is 23.0 Å². The van der Waals surface area contributed by atoms with Crippen LogP contribution in [0.2, 0.25) is 0 Å². The summed E-state index contributed by atoms with van der Waals surface area (Å²) in [5.74, 6) is -0.111. The molecule has 8 heteroatoms. The van der Waals surface area contributed by atoms with E-state index >= 15 is 0 Å². The summed E-state index contributed by atoms with van der Waals surface area (Å²) in [5, 5.41) is 2.50. The Kier molecular flexibility index (Phi) is 6.30. The van der Waals surface area contributed by atoms with Crippen molar-refractivity contribution >= 4 is 11.7 Å². The molecule has 0 bridgehead atoms. The molecule has 0 saturated carbocycles. The van der Waals surface area contributed by atoms with Gasteiger partial charge in [-0.1, -0.05) is 6.07 Å². The Bertz CT molecular complexity index is 839. The van der Waals surface area contributed by atoms with E-state index in [1.165, 1.54) is 6.07 Å². The number of rotatable bonds is 5. The molecule has 0 aliphatic carbocycles. The molecular weight excluding hydrogens is 368 g/mol. The average molecular weight is 391 g/mol.